The summed E-state index contributed by atoms with van der Waals surface area (Å²) in [5, 5.41) is 0. The largest absolute Gasteiger partial charge is 0.492 e. The zero-order valence-electron chi connectivity index (χ0n) is 10.5. The third-order valence-corrected chi connectivity index (χ3v) is 2.95. The highest BCUT2D eigenvalue weighted by atomic mass is 16.5. The van der Waals surface area contributed by atoms with Crippen LogP contribution in [0.1, 0.15) is 30.1 Å². The van der Waals surface area contributed by atoms with E-state index in [0.717, 1.165) is 6.42 Å². The van der Waals surface area contributed by atoms with Crippen LogP contribution in [0.3, 0.4) is 0 Å². The number of hydrogen-bond acceptors (Lipinski definition) is 5. The third-order valence-electron chi connectivity index (χ3n) is 2.95. The maximum Gasteiger partial charge on any atom is 0.186 e. The Morgan fingerprint density at radius 1 is 1.61 bits per heavy atom. The van der Waals surface area contributed by atoms with Crippen molar-refractivity contribution in [3.05, 3.63) is 24.0 Å². The van der Waals surface area contributed by atoms with E-state index in [2.05, 4.69) is 4.98 Å². The molecular formula is C13H18N2O3. The van der Waals surface area contributed by atoms with Gasteiger partial charge >= 0.3 is 0 Å². The molecule has 0 bridgehead atoms. The minimum absolute atomic E-state index is 0.130. The fraction of sp³-hybridized carbons (Fsp3) is 0.538. The molecule has 0 saturated carbocycles. The van der Waals surface area contributed by atoms with Gasteiger partial charge < -0.3 is 15.2 Å². The van der Waals surface area contributed by atoms with E-state index in [0.29, 0.717) is 30.9 Å². The lowest BCUT2D eigenvalue weighted by molar-refractivity contribution is 0.0862. The standard InChI is InChI=1S/C13H18N2O3/c1-2-4-18-11-6-10(7-15-8-11)12(16)13(14)3-5-17-9-13/h6-8H,2-5,9,14H2,1H3. The summed E-state index contributed by atoms with van der Waals surface area (Å²) in [6, 6.07) is 1.69. The molecule has 1 aliphatic heterocycles. The summed E-state index contributed by atoms with van der Waals surface area (Å²) < 4.78 is 10.7. The van der Waals surface area contributed by atoms with Gasteiger partial charge in [-0.15, -0.1) is 0 Å². The molecule has 1 aromatic rings. The first-order chi connectivity index (χ1) is 8.65. The first-order valence-corrected chi connectivity index (χ1v) is 6.15. The summed E-state index contributed by atoms with van der Waals surface area (Å²) in [4.78, 5) is 16.3. The number of pyridine rings is 1. The highest BCUT2D eigenvalue weighted by Gasteiger charge is 2.38. The van der Waals surface area contributed by atoms with Crippen molar-refractivity contribution in [1.29, 1.82) is 0 Å². The molecule has 2 heterocycles. The number of rotatable bonds is 5. The van der Waals surface area contributed by atoms with Crippen LogP contribution in [0.15, 0.2) is 18.5 Å². The summed E-state index contributed by atoms with van der Waals surface area (Å²) in [6.07, 6.45) is 4.58. The molecule has 2 N–H and O–H groups in total. The van der Waals surface area contributed by atoms with E-state index < -0.39 is 5.54 Å². The van der Waals surface area contributed by atoms with E-state index in [1.54, 1.807) is 12.3 Å². The minimum atomic E-state index is -0.912. The lowest BCUT2D eigenvalue weighted by Gasteiger charge is -2.19. The summed E-state index contributed by atoms with van der Waals surface area (Å²) >= 11 is 0. The first-order valence-electron chi connectivity index (χ1n) is 6.15. The number of nitrogens with zero attached hydrogens (tertiary/aromatic N) is 1. The van der Waals surface area contributed by atoms with Gasteiger partial charge in [-0.1, -0.05) is 6.92 Å². The molecule has 1 fully saturated rings. The molecule has 2 rings (SSSR count). The van der Waals surface area contributed by atoms with Gasteiger partial charge in [0.15, 0.2) is 5.78 Å². The Morgan fingerprint density at radius 2 is 2.44 bits per heavy atom. The molecule has 0 aromatic carbocycles. The van der Waals surface area contributed by atoms with Gasteiger partial charge in [0.1, 0.15) is 11.3 Å². The molecule has 0 spiro atoms. The van der Waals surface area contributed by atoms with Gasteiger partial charge in [-0.05, 0) is 18.9 Å². The van der Waals surface area contributed by atoms with E-state index in [1.807, 2.05) is 6.92 Å². The molecule has 1 atom stereocenters. The minimum Gasteiger partial charge on any atom is -0.492 e. The lowest BCUT2D eigenvalue weighted by atomic mass is 9.90. The zero-order chi connectivity index (χ0) is 13.0. The van der Waals surface area contributed by atoms with Gasteiger partial charge in [0, 0.05) is 18.4 Å². The SMILES string of the molecule is CCCOc1cncc(C(=O)C2(N)CCOC2)c1. The van der Waals surface area contributed by atoms with Crippen LogP contribution in [0.2, 0.25) is 0 Å². The number of nitrogens with two attached hydrogens (primary N) is 1. The Hall–Kier alpha value is -1.46. The summed E-state index contributed by atoms with van der Waals surface area (Å²) in [5.41, 5.74) is 5.61. The van der Waals surface area contributed by atoms with Crippen molar-refractivity contribution in [2.24, 2.45) is 5.73 Å². The first kappa shape index (κ1) is 13.0. The Kier molecular flexibility index (Phi) is 3.93. The molecule has 1 saturated heterocycles. The molecule has 1 aromatic heterocycles. The highest BCUT2D eigenvalue weighted by Crippen LogP contribution is 2.22. The number of ketones is 1. The molecule has 1 unspecified atom stereocenters. The van der Waals surface area contributed by atoms with Crippen molar-refractivity contribution < 1.29 is 14.3 Å². The van der Waals surface area contributed by atoms with Crippen molar-refractivity contribution in [2.45, 2.75) is 25.3 Å². The Balaban J connectivity index is 2.15. The second-order valence-corrected chi connectivity index (χ2v) is 4.55. The Labute approximate surface area is 106 Å². The predicted molar refractivity (Wildman–Crippen MR) is 66.7 cm³/mol. The van der Waals surface area contributed by atoms with Crippen LogP contribution in [0.25, 0.3) is 0 Å². The number of carbonyl (C=O) groups is 1. The molecule has 18 heavy (non-hydrogen) atoms. The van der Waals surface area contributed by atoms with Crippen LogP contribution in [-0.2, 0) is 4.74 Å². The van der Waals surface area contributed by atoms with Crippen molar-refractivity contribution in [3.63, 3.8) is 0 Å². The van der Waals surface area contributed by atoms with Crippen LogP contribution in [0.4, 0.5) is 0 Å². The summed E-state index contributed by atoms with van der Waals surface area (Å²) in [6.45, 7) is 3.43. The second kappa shape index (κ2) is 5.46. The van der Waals surface area contributed by atoms with Gasteiger partial charge in [0.25, 0.3) is 0 Å². The summed E-state index contributed by atoms with van der Waals surface area (Å²) in [7, 11) is 0. The van der Waals surface area contributed by atoms with E-state index in [4.69, 9.17) is 15.2 Å². The molecule has 5 nitrogen and oxygen atoms in total. The third kappa shape index (κ3) is 2.68. The van der Waals surface area contributed by atoms with E-state index in [-0.39, 0.29) is 12.4 Å². The number of ether oxygens (including phenoxy) is 2. The van der Waals surface area contributed by atoms with E-state index in [1.165, 1.54) is 6.20 Å². The molecule has 0 radical (unpaired) electrons. The topological polar surface area (TPSA) is 74.4 Å². The van der Waals surface area contributed by atoms with E-state index >= 15 is 0 Å². The van der Waals surface area contributed by atoms with Crippen LogP contribution >= 0.6 is 0 Å². The van der Waals surface area contributed by atoms with Crippen LogP contribution in [0, 0.1) is 0 Å². The maximum atomic E-state index is 12.3. The summed E-state index contributed by atoms with van der Waals surface area (Å²) in [5.74, 6) is 0.472. The fourth-order valence-electron chi connectivity index (χ4n) is 1.89. The number of hydrogen-bond donors (Lipinski definition) is 1. The molecular weight excluding hydrogens is 232 g/mol. The fourth-order valence-corrected chi connectivity index (χ4v) is 1.89. The average Bonchev–Trinajstić information content (AvgIpc) is 2.84. The van der Waals surface area contributed by atoms with Gasteiger partial charge in [-0.3, -0.25) is 9.78 Å². The molecule has 98 valence electrons. The van der Waals surface area contributed by atoms with Gasteiger partial charge in [-0.25, -0.2) is 0 Å². The Bertz CT molecular complexity index is 428. The zero-order valence-corrected chi connectivity index (χ0v) is 10.5. The number of carbonyl (C=O) groups excluding carboxylic acids is 1. The second-order valence-electron chi connectivity index (χ2n) is 4.55. The monoisotopic (exact) mass is 250 g/mol. The lowest BCUT2D eigenvalue weighted by Crippen LogP contribution is -2.48. The molecule has 0 aliphatic carbocycles. The molecule has 5 heteroatoms. The maximum absolute atomic E-state index is 12.3. The smallest absolute Gasteiger partial charge is 0.186 e. The number of Topliss-reactive ketones (excluding diaryl/α,β-unsaturated/α-hetero) is 1. The van der Waals surface area contributed by atoms with Crippen LogP contribution in [-0.4, -0.2) is 36.1 Å². The van der Waals surface area contributed by atoms with Crippen LogP contribution in [0.5, 0.6) is 5.75 Å². The normalized spacial score (nSPS) is 23.0. The van der Waals surface area contributed by atoms with Gasteiger partial charge in [-0.2, -0.15) is 0 Å². The Morgan fingerprint density at radius 3 is 3.11 bits per heavy atom. The predicted octanol–water partition coefficient (Wildman–Crippen LogP) is 1.17. The molecule has 1 aliphatic rings. The number of aromatic nitrogens is 1. The average molecular weight is 250 g/mol. The molecule has 0 amide bonds. The van der Waals surface area contributed by atoms with Gasteiger partial charge in [0.05, 0.1) is 19.4 Å². The quantitative estimate of drug-likeness (QED) is 0.794. The van der Waals surface area contributed by atoms with Gasteiger partial charge in [0.2, 0.25) is 0 Å². The van der Waals surface area contributed by atoms with Crippen LogP contribution < -0.4 is 10.5 Å². The highest BCUT2D eigenvalue weighted by molar-refractivity contribution is 6.03. The van der Waals surface area contributed by atoms with Crippen molar-refractivity contribution in [1.82, 2.24) is 4.98 Å². The van der Waals surface area contributed by atoms with Crippen molar-refractivity contribution >= 4 is 5.78 Å². The van der Waals surface area contributed by atoms with E-state index in [9.17, 15) is 4.79 Å². The van der Waals surface area contributed by atoms with Crippen molar-refractivity contribution in [2.75, 3.05) is 19.8 Å². The van der Waals surface area contributed by atoms with Crippen molar-refractivity contribution in [3.8, 4) is 5.75 Å².